The van der Waals surface area contributed by atoms with Crippen molar-refractivity contribution in [2.45, 2.75) is 25.0 Å². The highest BCUT2D eigenvalue weighted by Gasteiger charge is 2.16. The van der Waals surface area contributed by atoms with Gasteiger partial charge in [0, 0.05) is 18.0 Å². The zero-order chi connectivity index (χ0) is 12.8. The van der Waals surface area contributed by atoms with Crippen molar-refractivity contribution in [2.24, 2.45) is 0 Å². The molecule has 100 valence electrons. The predicted molar refractivity (Wildman–Crippen MR) is 76.9 cm³/mol. The van der Waals surface area contributed by atoms with E-state index < -0.39 is 0 Å². The molecule has 1 aromatic rings. The summed E-state index contributed by atoms with van der Waals surface area (Å²) >= 11 is 1.82. The second kappa shape index (κ2) is 6.92. The second-order valence-electron chi connectivity index (χ2n) is 4.86. The van der Waals surface area contributed by atoms with Crippen molar-refractivity contribution in [1.82, 2.24) is 10.2 Å². The van der Waals surface area contributed by atoms with Gasteiger partial charge < -0.3 is 15.0 Å². The van der Waals surface area contributed by atoms with E-state index in [0.717, 1.165) is 25.9 Å². The average molecular weight is 266 g/mol. The van der Waals surface area contributed by atoms with Crippen LogP contribution in [0.15, 0.2) is 29.9 Å². The summed E-state index contributed by atoms with van der Waals surface area (Å²) in [5, 5.41) is 5.67. The van der Waals surface area contributed by atoms with Gasteiger partial charge in [0.1, 0.15) is 6.10 Å². The third kappa shape index (κ3) is 3.83. The van der Waals surface area contributed by atoms with Crippen molar-refractivity contribution >= 4 is 11.3 Å². The van der Waals surface area contributed by atoms with Gasteiger partial charge in [0.05, 0.1) is 12.3 Å². The lowest BCUT2D eigenvalue weighted by molar-refractivity contribution is 0.120. The highest BCUT2D eigenvalue weighted by Crippen LogP contribution is 2.22. The topological polar surface area (TPSA) is 24.5 Å². The Balaban J connectivity index is 1.78. The lowest BCUT2D eigenvalue weighted by Gasteiger charge is -2.25. The molecule has 0 spiro atoms. The summed E-state index contributed by atoms with van der Waals surface area (Å²) in [5.74, 6) is 0. The smallest absolute Gasteiger partial charge is 0.110 e. The Morgan fingerprint density at radius 3 is 3.06 bits per heavy atom. The standard InChI is InChI=1S/C14H22N2OS/c1-16(2)13(14-7-5-9-18-14)11-15-10-12-6-3-4-8-17-12/h4-5,7-9,12-13,15H,3,6,10-11H2,1-2H3. The van der Waals surface area contributed by atoms with Crippen LogP contribution in [0.5, 0.6) is 0 Å². The maximum absolute atomic E-state index is 5.56. The molecule has 0 saturated carbocycles. The Morgan fingerprint density at radius 2 is 2.44 bits per heavy atom. The lowest BCUT2D eigenvalue weighted by atomic mass is 10.1. The predicted octanol–water partition coefficient (Wildman–Crippen LogP) is 2.63. The van der Waals surface area contributed by atoms with Crippen LogP contribution in [0.3, 0.4) is 0 Å². The van der Waals surface area contributed by atoms with E-state index >= 15 is 0 Å². The Labute approximate surface area is 113 Å². The fourth-order valence-electron chi connectivity index (χ4n) is 2.13. The quantitative estimate of drug-likeness (QED) is 0.856. The number of hydrogen-bond donors (Lipinski definition) is 1. The third-order valence-corrected chi connectivity index (χ3v) is 4.20. The Bertz CT molecular complexity index is 362. The monoisotopic (exact) mass is 266 g/mol. The molecule has 2 heterocycles. The van der Waals surface area contributed by atoms with Gasteiger partial charge in [0.25, 0.3) is 0 Å². The second-order valence-corrected chi connectivity index (χ2v) is 5.84. The van der Waals surface area contributed by atoms with E-state index in [4.69, 9.17) is 4.74 Å². The van der Waals surface area contributed by atoms with Gasteiger partial charge in [-0.15, -0.1) is 11.3 Å². The van der Waals surface area contributed by atoms with Gasteiger partial charge in [-0.3, -0.25) is 0 Å². The molecule has 2 rings (SSSR count). The van der Waals surface area contributed by atoms with Gasteiger partial charge in [0.2, 0.25) is 0 Å². The van der Waals surface area contributed by atoms with Crippen molar-refractivity contribution in [3.05, 3.63) is 34.7 Å². The number of allylic oxidation sites excluding steroid dienone is 1. The Hall–Kier alpha value is -0.840. The van der Waals surface area contributed by atoms with Crippen molar-refractivity contribution in [3.63, 3.8) is 0 Å². The first-order valence-electron chi connectivity index (χ1n) is 6.48. The van der Waals surface area contributed by atoms with Crippen LogP contribution in [0.4, 0.5) is 0 Å². The molecule has 0 saturated heterocycles. The number of thiophene rings is 1. The lowest BCUT2D eigenvalue weighted by Crippen LogP contribution is -2.35. The molecule has 4 heteroatoms. The highest BCUT2D eigenvalue weighted by molar-refractivity contribution is 7.10. The number of hydrogen-bond acceptors (Lipinski definition) is 4. The summed E-state index contributed by atoms with van der Waals surface area (Å²) in [6.07, 6.45) is 6.51. The van der Waals surface area contributed by atoms with Crippen molar-refractivity contribution in [3.8, 4) is 0 Å². The molecule has 0 aliphatic carbocycles. The van der Waals surface area contributed by atoms with Gasteiger partial charge in [-0.2, -0.15) is 0 Å². The Kier molecular flexibility index (Phi) is 5.23. The fraction of sp³-hybridized carbons (Fsp3) is 0.571. The van der Waals surface area contributed by atoms with Gasteiger partial charge in [-0.05, 0) is 44.5 Å². The SMILES string of the molecule is CN(C)C(CNCC1CCC=CO1)c1cccs1. The molecule has 0 aromatic carbocycles. The molecule has 0 amide bonds. The van der Waals surface area contributed by atoms with E-state index in [1.165, 1.54) is 4.88 Å². The molecule has 2 unspecified atom stereocenters. The number of rotatable bonds is 6. The van der Waals surface area contributed by atoms with E-state index in [1.807, 2.05) is 17.6 Å². The molecule has 2 atom stereocenters. The molecule has 1 aliphatic rings. The van der Waals surface area contributed by atoms with E-state index in [2.05, 4.69) is 47.9 Å². The summed E-state index contributed by atoms with van der Waals surface area (Å²) < 4.78 is 5.56. The van der Waals surface area contributed by atoms with Crippen LogP contribution in [-0.2, 0) is 4.74 Å². The van der Waals surface area contributed by atoms with Crippen LogP contribution in [-0.4, -0.2) is 38.2 Å². The first kappa shape index (κ1) is 13.6. The van der Waals surface area contributed by atoms with E-state index in [9.17, 15) is 0 Å². The van der Waals surface area contributed by atoms with Gasteiger partial charge >= 0.3 is 0 Å². The molecule has 1 aliphatic heterocycles. The maximum Gasteiger partial charge on any atom is 0.110 e. The molecule has 0 bridgehead atoms. The minimum absolute atomic E-state index is 0.334. The highest BCUT2D eigenvalue weighted by atomic mass is 32.1. The van der Waals surface area contributed by atoms with E-state index in [-0.39, 0.29) is 0 Å². The summed E-state index contributed by atoms with van der Waals surface area (Å²) in [6.45, 7) is 1.90. The van der Waals surface area contributed by atoms with Crippen LogP contribution in [0.2, 0.25) is 0 Å². The van der Waals surface area contributed by atoms with Crippen LogP contribution in [0, 0.1) is 0 Å². The molecule has 0 radical (unpaired) electrons. The van der Waals surface area contributed by atoms with Gasteiger partial charge in [-0.25, -0.2) is 0 Å². The largest absolute Gasteiger partial charge is 0.497 e. The Morgan fingerprint density at radius 1 is 1.56 bits per heavy atom. The van der Waals surface area contributed by atoms with E-state index in [0.29, 0.717) is 12.1 Å². The fourth-order valence-corrected chi connectivity index (χ4v) is 3.06. The average Bonchev–Trinajstić information content (AvgIpc) is 2.89. The molecule has 1 N–H and O–H groups in total. The van der Waals surface area contributed by atoms with Crippen molar-refractivity contribution in [1.29, 1.82) is 0 Å². The third-order valence-electron chi connectivity index (χ3n) is 3.23. The summed E-state index contributed by atoms with van der Waals surface area (Å²) in [5.41, 5.74) is 0. The minimum atomic E-state index is 0.334. The first-order chi connectivity index (χ1) is 8.77. The van der Waals surface area contributed by atoms with Crippen LogP contribution >= 0.6 is 11.3 Å². The van der Waals surface area contributed by atoms with Gasteiger partial charge in [0.15, 0.2) is 0 Å². The zero-order valence-electron chi connectivity index (χ0n) is 11.1. The molecule has 1 aromatic heterocycles. The molecular weight excluding hydrogens is 244 g/mol. The summed E-state index contributed by atoms with van der Waals surface area (Å²) in [4.78, 5) is 3.68. The number of ether oxygens (including phenoxy) is 1. The minimum Gasteiger partial charge on any atom is -0.497 e. The van der Waals surface area contributed by atoms with Crippen LogP contribution in [0.1, 0.15) is 23.8 Å². The van der Waals surface area contributed by atoms with E-state index in [1.54, 1.807) is 0 Å². The van der Waals surface area contributed by atoms with Crippen molar-refractivity contribution < 1.29 is 4.74 Å². The normalized spacial score (nSPS) is 20.9. The number of nitrogens with zero attached hydrogens (tertiary/aromatic N) is 1. The maximum atomic E-state index is 5.56. The summed E-state index contributed by atoms with van der Waals surface area (Å²) in [6, 6.07) is 4.77. The first-order valence-corrected chi connectivity index (χ1v) is 7.36. The zero-order valence-corrected chi connectivity index (χ0v) is 12.0. The van der Waals surface area contributed by atoms with Crippen LogP contribution < -0.4 is 5.32 Å². The van der Waals surface area contributed by atoms with Crippen LogP contribution in [0.25, 0.3) is 0 Å². The molecule has 18 heavy (non-hydrogen) atoms. The number of nitrogens with one attached hydrogen (secondary N) is 1. The summed E-state index contributed by atoms with van der Waals surface area (Å²) in [7, 11) is 4.26. The molecular formula is C14H22N2OS. The molecule has 0 fully saturated rings. The molecule has 3 nitrogen and oxygen atoms in total. The number of likely N-dealkylation sites (N-methyl/N-ethyl adjacent to an activating group) is 1. The van der Waals surface area contributed by atoms with Crippen molar-refractivity contribution in [2.75, 3.05) is 27.2 Å². The van der Waals surface area contributed by atoms with Gasteiger partial charge in [-0.1, -0.05) is 6.07 Å².